The molecule has 1 unspecified atom stereocenters. The number of alkyl halides is 3. The number of carbonyl (C=O) groups is 1. The van der Waals surface area contributed by atoms with Crippen molar-refractivity contribution in [3.8, 4) is 5.69 Å². The first kappa shape index (κ1) is 22.8. The van der Waals surface area contributed by atoms with Gasteiger partial charge in [0.2, 0.25) is 0 Å². The van der Waals surface area contributed by atoms with E-state index in [2.05, 4.69) is 10.4 Å². The number of aromatic nitrogens is 2. The molecular weight excluding hydrogens is 436 g/mol. The van der Waals surface area contributed by atoms with Gasteiger partial charge >= 0.3 is 6.18 Å². The van der Waals surface area contributed by atoms with E-state index in [1.54, 1.807) is 25.1 Å². The summed E-state index contributed by atoms with van der Waals surface area (Å²) in [6.45, 7) is -0.0328. The van der Waals surface area contributed by atoms with E-state index in [1.807, 2.05) is 0 Å². The zero-order chi connectivity index (χ0) is 22.8. The SMILES string of the molecule is CN(C)C(CNC(=O)c1cnn(-c2cccc(Cl)c2)c1C(F)(F)F)c1cccc(F)c1. The molecule has 2 aromatic carbocycles. The monoisotopic (exact) mass is 454 g/mol. The van der Waals surface area contributed by atoms with Gasteiger partial charge in [0.05, 0.1) is 23.5 Å². The number of carbonyl (C=O) groups excluding carboxylic acids is 1. The number of rotatable bonds is 6. The Morgan fingerprint density at radius 3 is 2.52 bits per heavy atom. The molecule has 0 aliphatic carbocycles. The second-order valence-electron chi connectivity index (χ2n) is 7.04. The van der Waals surface area contributed by atoms with Crippen molar-refractivity contribution in [1.82, 2.24) is 20.0 Å². The molecule has 1 atom stereocenters. The van der Waals surface area contributed by atoms with Gasteiger partial charge < -0.3 is 10.2 Å². The van der Waals surface area contributed by atoms with Crippen LogP contribution in [0.2, 0.25) is 5.02 Å². The molecule has 0 radical (unpaired) electrons. The van der Waals surface area contributed by atoms with Crippen molar-refractivity contribution in [1.29, 1.82) is 0 Å². The quantitative estimate of drug-likeness (QED) is 0.548. The Hall–Kier alpha value is -2.91. The fraction of sp³-hybridized carbons (Fsp3) is 0.238. The Balaban J connectivity index is 1.89. The number of benzene rings is 2. The lowest BCUT2D eigenvalue weighted by molar-refractivity contribution is -0.143. The molecule has 3 aromatic rings. The van der Waals surface area contributed by atoms with Gasteiger partial charge in [-0.05, 0) is 50.0 Å². The summed E-state index contributed by atoms with van der Waals surface area (Å²) in [6.07, 6.45) is -3.97. The second kappa shape index (κ2) is 9.07. The molecule has 1 heterocycles. The summed E-state index contributed by atoms with van der Waals surface area (Å²) in [5, 5.41) is 6.50. The number of hydrogen-bond donors (Lipinski definition) is 1. The fourth-order valence-electron chi connectivity index (χ4n) is 3.19. The van der Waals surface area contributed by atoms with E-state index in [4.69, 9.17) is 11.6 Å². The zero-order valence-corrected chi connectivity index (χ0v) is 17.4. The van der Waals surface area contributed by atoms with Gasteiger partial charge in [0, 0.05) is 11.6 Å². The third-order valence-corrected chi connectivity index (χ3v) is 4.88. The Morgan fingerprint density at radius 1 is 1.19 bits per heavy atom. The molecule has 1 aromatic heterocycles. The standard InChI is InChI=1S/C21H19ClF4N4O/c1-29(2)18(13-5-3-7-15(23)9-13)12-27-20(31)17-11-28-30(19(17)21(24,25)26)16-8-4-6-14(22)10-16/h3-11,18H,12H2,1-2H3,(H,27,31). The van der Waals surface area contributed by atoms with E-state index < -0.39 is 35.2 Å². The minimum Gasteiger partial charge on any atom is -0.350 e. The average molecular weight is 455 g/mol. The normalized spacial score (nSPS) is 12.8. The van der Waals surface area contributed by atoms with E-state index in [9.17, 15) is 22.4 Å². The van der Waals surface area contributed by atoms with Crippen molar-refractivity contribution in [3.05, 3.63) is 82.4 Å². The molecule has 1 amide bonds. The Morgan fingerprint density at radius 2 is 1.90 bits per heavy atom. The summed E-state index contributed by atoms with van der Waals surface area (Å²) in [6, 6.07) is 11.1. The Kier molecular flexibility index (Phi) is 6.66. The van der Waals surface area contributed by atoms with Crippen molar-refractivity contribution in [2.75, 3.05) is 20.6 Å². The molecule has 5 nitrogen and oxygen atoms in total. The van der Waals surface area contributed by atoms with Crippen LogP contribution in [0.3, 0.4) is 0 Å². The molecule has 0 aliphatic heterocycles. The molecule has 0 bridgehead atoms. The smallest absolute Gasteiger partial charge is 0.350 e. The van der Waals surface area contributed by atoms with E-state index in [0.717, 1.165) is 6.20 Å². The molecule has 0 fully saturated rings. The van der Waals surface area contributed by atoms with Crippen molar-refractivity contribution in [3.63, 3.8) is 0 Å². The third-order valence-electron chi connectivity index (χ3n) is 4.65. The van der Waals surface area contributed by atoms with Gasteiger partial charge in [0.25, 0.3) is 5.91 Å². The van der Waals surface area contributed by atoms with Crippen LogP contribution in [0.4, 0.5) is 17.6 Å². The van der Waals surface area contributed by atoms with Crippen LogP contribution >= 0.6 is 11.6 Å². The first-order valence-electron chi connectivity index (χ1n) is 9.19. The minimum atomic E-state index is -4.84. The molecule has 31 heavy (non-hydrogen) atoms. The lowest BCUT2D eigenvalue weighted by atomic mass is 10.1. The first-order valence-corrected chi connectivity index (χ1v) is 9.57. The average Bonchev–Trinajstić information content (AvgIpc) is 3.14. The highest BCUT2D eigenvalue weighted by atomic mass is 35.5. The summed E-state index contributed by atoms with van der Waals surface area (Å²) in [5.74, 6) is -1.39. The molecule has 0 spiro atoms. The van der Waals surface area contributed by atoms with Crippen LogP contribution < -0.4 is 5.32 Å². The number of amides is 1. The molecular formula is C21H19ClF4N4O. The van der Waals surface area contributed by atoms with E-state index in [1.165, 1.54) is 42.5 Å². The number of halogens is 5. The Labute approximate surface area is 181 Å². The summed E-state index contributed by atoms with van der Waals surface area (Å²) < 4.78 is 55.6. The number of nitrogens with zero attached hydrogens (tertiary/aromatic N) is 3. The van der Waals surface area contributed by atoms with Gasteiger partial charge in [-0.3, -0.25) is 4.79 Å². The third kappa shape index (κ3) is 5.23. The Bertz CT molecular complexity index is 1080. The summed E-state index contributed by atoms with van der Waals surface area (Å²) in [7, 11) is 3.44. The predicted molar refractivity (Wildman–Crippen MR) is 109 cm³/mol. The molecule has 164 valence electrons. The van der Waals surface area contributed by atoms with Crippen molar-refractivity contribution in [2.45, 2.75) is 12.2 Å². The maximum absolute atomic E-state index is 13.8. The number of hydrogen-bond acceptors (Lipinski definition) is 3. The van der Waals surface area contributed by atoms with E-state index in [0.29, 0.717) is 10.2 Å². The second-order valence-corrected chi connectivity index (χ2v) is 7.48. The number of nitrogens with one attached hydrogen (secondary N) is 1. The maximum atomic E-state index is 13.8. The first-order chi connectivity index (χ1) is 14.6. The zero-order valence-electron chi connectivity index (χ0n) is 16.6. The molecule has 0 aliphatic rings. The topological polar surface area (TPSA) is 50.2 Å². The predicted octanol–water partition coefficient (Wildman–Crippen LogP) is 4.72. The minimum absolute atomic E-state index is 0.0328. The molecule has 0 saturated heterocycles. The molecule has 3 rings (SSSR count). The molecule has 10 heteroatoms. The highest BCUT2D eigenvalue weighted by molar-refractivity contribution is 6.30. The van der Waals surface area contributed by atoms with E-state index >= 15 is 0 Å². The molecule has 0 saturated carbocycles. The van der Waals surface area contributed by atoms with Crippen LogP contribution in [0.25, 0.3) is 5.69 Å². The number of likely N-dealkylation sites (N-methyl/N-ethyl adjacent to an activating group) is 1. The van der Waals surface area contributed by atoms with Crippen LogP contribution in [0.5, 0.6) is 0 Å². The van der Waals surface area contributed by atoms with Gasteiger partial charge in [-0.2, -0.15) is 18.3 Å². The van der Waals surface area contributed by atoms with Crippen LogP contribution in [-0.4, -0.2) is 41.2 Å². The lowest BCUT2D eigenvalue weighted by Crippen LogP contribution is -2.35. The van der Waals surface area contributed by atoms with Crippen LogP contribution in [-0.2, 0) is 6.18 Å². The highest BCUT2D eigenvalue weighted by Crippen LogP contribution is 2.34. The van der Waals surface area contributed by atoms with E-state index in [-0.39, 0.29) is 17.3 Å². The van der Waals surface area contributed by atoms with Gasteiger partial charge in [-0.1, -0.05) is 29.8 Å². The summed E-state index contributed by atoms with van der Waals surface area (Å²) >= 11 is 5.88. The van der Waals surface area contributed by atoms with Crippen LogP contribution in [0, 0.1) is 5.82 Å². The molecule has 1 N–H and O–H groups in total. The fourth-order valence-corrected chi connectivity index (χ4v) is 3.37. The van der Waals surface area contributed by atoms with Crippen molar-refractivity contribution < 1.29 is 22.4 Å². The van der Waals surface area contributed by atoms with Crippen LogP contribution in [0.15, 0.2) is 54.7 Å². The van der Waals surface area contributed by atoms with Gasteiger partial charge in [0.1, 0.15) is 5.82 Å². The van der Waals surface area contributed by atoms with Gasteiger partial charge in [-0.15, -0.1) is 0 Å². The van der Waals surface area contributed by atoms with Crippen molar-refractivity contribution >= 4 is 17.5 Å². The lowest BCUT2D eigenvalue weighted by Gasteiger charge is -2.25. The summed E-state index contributed by atoms with van der Waals surface area (Å²) in [5.41, 5.74) is -1.18. The summed E-state index contributed by atoms with van der Waals surface area (Å²) in [4.78, 5) is 14.4. The van der Waals surface area contributed by atoms with Crippen LogP contribution in [0.1, 0.15) is 27.7 Å². The largest absolute Gasteiger partial charge is 0.434 e. The van der Waals surface area contributed by atoms with Gasteiger partial charge in [0.15, 0.2) is 5.69 Å². The maximum Gasteiger partial charge on any atom is 0.434 e. The van der Waals surface area contributed by atoms with Crippen molar-refractivity contribution in [2.24, 2.45) is 0 Å². The van der Waals surface area contributed by atoms with Gasteiger partial charge in [-0.25, -0.2) is 9.07 Å². The highest BCUT2D eigenvalue weighted by Gasteiger charge is 2.40.